The minimum absolute atomic E-state index is 0.0296. The Hall–Kier alpha value is -0.350. The first-order valence-electron chi connectivity index (χ1n) is 4.25. The van der Waals surface area contributed by atoms with E-state index in [1.165, 1.54) is 14.7 Å². The van der Waals surface area contributed by atoms with E-state index in [4.69, 9.17) is 5.73 Å². The Kier molecular flexibility index (Phi) is 3.93. The monoisotopic (exact) mass is 287 g/mol. The van der Waals surface area contributed by atoms with Crippen molar-refractivity contribution in [2.24, 2.45) is 5.73 Å². The quantitative estimate of drug-likeness (QED) is 0.655. The second kappa shape index (κ2) is 4.77. The van der Waals surface area contributed by atoms with Crippen LogP contribution in [0, 0.1) is 3.57 Å². The highest BCUT2D eigenvalue weighted by Gasteiger charge is 2.00. The average molecular weight is 287 g/mol. The SMILES string of the molecule is CC(C)=CC(N)c1ccc(I)cc1. The van der Waals surface area contributed by atoms with Crippen molar-refractivity contribution in [3.8, 4) is 0 Å². The standard InChI is InChI=1S/C11H14IN/c1-8(2)7-11(13)9-3-5-10(12)6-4-9/h3-7,11H,13H2,1-2H3. The van der Waals surface area contributed by atoms with Crippen LogP contribution in [0.4, 0.5) is 0 Å². The molecule has 0 aliphatic rings. The maximum absolute atomic E-state index is 5.97. The lowest BCUT2D eigenvalue weighted by atomic mass is 10.1. The Morgan fingerprint density at radius 3 is 2.31 bits per heavy atom. The van der Waals surface area contributed by atoms with Crippen molar-refractivity contribution in [3.63, 3.8) is 0 Å². The van der Waals surface area contributed by atoms with E-state index < -0.39 is 0 Å². The molecular weight excluding hydrogens is 273 g/mol. The van der Waals surface area contributed by atoms with Gasteiger partial charge in [0.05, 0.1) is 0 Å². The van der Waals surface area contributed by atoms with Gasteiger partial charge in [-0.2, -0.15) is 0 Å². The fourth-order valence-corrected chi connectivity index (χ4v) is 1.50. The third-order valence-electron chi connectivity index (χ3n) is 1.77. The molecule has 70 valence electrons. The van der Waals surface area contributed by atoms with E-state index in [1.807, 2.05) is 0 Å². The van der Waals surface area contributed by atoms with Crippen LogP contribution in [0.5, 0.6) is 0 Å². The molecule has 1 rings (SSSR count). The van der Waals surface area contributed by atoms with Gasteiger partial charge in [-0.15, -0.1) is 0 Å². The smallest absolute Gasteiger partial charge is 0.0483 e. The summed E-state index contributed by atoms with van der Waals surface area (Å²) in [7, 11) is 0. The van der Waals surface area contributed by atoms with E-state index >= 15 is 0 Å². The largest absolute Gasteiger partial charge is 0.321 e. The van der Waals surface area contributed by atoms with Crippen LogP contribution in [-0.2, 0) is 0 Å². The molecule has 1 atom stereocenters. The van der Waals surface area contributed by atoms with Crippen molar-refractivity contribution in [1.29, 1.82) is 0 Å². The van der Waals surface area contributed by atoms with Crippen LogP contribution < -0.4 is 5.73 Å². The fraction of sp³-hybridized carbons (Fsp3) is 0.273. The third kappa shape index (κ3) is 3.48. The van der Waals surface area contributed by atoms with Gasteiger partial charge < -0.3 is 5.73 Å². The van der Waals surface area contributed by atoms with Gasteiger partial charge >= 0.3 is 0 Å². The molecule has 2 heteroatoms. The van der Waals surface area contributed by atoms with Crippen molar-refractivity contribution < 1.29 is 0 Å². The maximum Gasteiger partial charge on any atom is 0.0483 e. The van der Waals surface area contributed by atoms with E-state index in [1.54, 1.807) is 0 Å². The molecule has 0 aromatic heterocycles. The molecule has 1 unspecified atom stereocenters. The van der Waals surface area contributed by atoms with Gasteiger partial charge in [-0.05, 0) is 54.1 Å². The zero-order valence-electron chi connectivity index (χ0n) is 7.92. The molecule has 0 aliphatic carbocycles. The first kappa shape index (κ1) is 10.7. The maximum atomic E-state index is 5.97. The van der Waals surface area contributed by atoms with Gasteiger partial charge in [-0.25, -0.2) is 0 Å². The number of nitrogens with two attached hydrogens (primary N) is 1. The van der Waals surface area contributed by atoms with Crippen LogP contribution in [0.2, 0.25) is 0 Å². The van der Waals surface area contributed by atoms with Gasteiger partial charge in [0.1, 0.15) is 0 Å². The van der Waals surface area contributed by atoms with E-state index in [0.717, 1.165) is 0 Å². The Bertz CT molecular complexity index is 296. The van der Waals surface area contributed by atoms with Gasteiger partial charge in [0.2, 0.25) is 0 Å². The van der Waals surface area contributed by atoms with Gasteiger partial charge in [-0.3, -0.25) is 0 Å². The molecule has 0 spiro atoms. The number of halogens is 1. The van der Waals surface area contributed by atoms with Crippen molar-refractivity contribution in [1.82, 2.24) is 0 Å². The highest BCUT2D eigenvalue weighted by atomic mass is 127. The molecule has 1 aromatic carbocycles. The molecule has 0 bridgehead atoms. The lowest BCUT2D eigenvalue weighted by molar-refractivity contribution is 0.899. The summed E-state index contributed by atoms with van der Waals surface area (Å²) in [6.45, 7) is 4.12. The Labute approximate surface area is 93.2 Å². The van der Waals surface area contributed by atoms with E-state index in [9.17, 15) is 0 Å². The van der Waals surface area contributed by atoms with E-state index in [-0.39, 0.29) is 6.04 Å². The summed E-state index contributed by atoms with van der Waals surface area (Å²) in [6.07, 6.45) is 2.07. The van der Waals surface area contributed by atoms with Crippen LogP contribution in [0.1, 0.15) is 25.5 Å². The van der Waals surface area contributed by atoms with Crippen LogP contribution >= 0.6 is 22.6 Å². The number of hydrogen-bond acceptors (Lipinski definition) is 1. The zero-order valence-corrected chi connectivity index (χ0v) is 10.1. The molecule has 0 saturated heterocycles. The molecule has 0 amide bonds. The summed E-state index contributed by atoms with van der Waals surface area (Å²) in [5, 5.41) is 0. The predicted molar refractivity (Wildman–Crippen MR) is 65.5 cm³/mol. The van der Waals surface area contributed by atoms with Crippen molar-refractivity contribution in [3.05, 3.63) is 45.0 Å². The molecule has 0 heterocycles. The number of benzene rings is 1. The molecule has 0 saturated carbocycles. The minimum Gasteiger partial charge on any atom is -0.321 e. The zero-order chi connectivity index (χ0) is 9.84. The lowest BCUT2D eigenvalue weighted by Crippen LogP contribution is -2.07. The summed E-state index contributed by atoms with van der Waals surface area (Å²) >= 11 is 2.29. The van der Waals surface area contributed by atoms with Gasteiger partial charge in [-0.1, -0.05) is 23.8 Å². The second-order valence-electron chi connectivity index (χ2n) is 3.32. The highest BCUT2D eigenvalue weighted by Crippen LogP contribution is 2.15. The molecule has 1 nitrogen and oxygen atoms in total. The average Bonchev–Trinajstić information content (AvgIpc) is 2.04. The molecule has 1 aromatic rings. The highest BCUT2D eigenvalue weighted by molar-refractivity contribution is 14.1. The molecular formula is C11H14IN. The summed E-state index contributed by atoms with van der Waals surface area (Å²) in [5.41, 5.74) is 8.39. The molecule has 0 aliphatic heterocycles. The fourth-order valence-electron chi connectivity index (χ4n) is 1.14. The first-order chi connectivity index (χ1) is 6.09. The van der Waals surface area contributed by atoms with Crippen molar-refractivity contribution in [2.75, 3.05) is 0 Å². The van der Waals surface area contributed by atoms with Crippen LogP contribution in [-0.4, -0.2) is 0 Å². The van der Waals surface area contributed by atoms with Crippen LogP contribution in [0.3, 0.4) is 0 Å². The van der Waals surface area contributed by atoms with Crippen molar-refractivity contribution in [2.45, 2.75) is 19.9 Å². The minimum atomic E-state index is 0.0296. The number of allylic oxidation sites excluding steroid dienone is 1. The summed E-state index contributed by atoms with van der Waals surface area (Å²) in [4.78, 5) is 0. The summed E-state index contributed by atoms with van der Waals surface area (Å²) < 4.78 is 1.24. The van der Waals surface area contributed by atoms with Crippen LogP contribution in [0.25, 0.3) is 0 Å². The van der Waals surface area contributed by atoms with Gasteiger partial charge in [0.25, 0.3) is 0 Å². The molecule has 0 fully saturated rings. The van der Waals surface area contributed by atoms with E-state index in [2.05, 4.69) is 66.8 Å². The molecule has 2 N–H and O–H groups in total. The number of rotatable bonds is 2. The Balaban J connectivity index is 2.83. The molecule has 13 heavy (non-hydrogen) atoms. The summed E-state index contributed by atoms with van der Waals surface area (Å²) in [5.74, 6) is 0. The first-order valence-corrected chi connectivity index (χ1v) is 5.33. The van der Waals surface area contributed by atoms with Gasteiger partial charge in [0, 0.05) is 9.61 Å². The number of hydrogen-bond donors (Lipinski definition) is 1. The predicted octanol–water partition coefficient (Wildman–Crippen LogP) is 3.26. The molecule has 0 radical (unpaired) electrons. The van der Waals surface area contributed by atoms with E-state index in [0.29, 0.717) is 0 Å². The van der Waals surface area contributed by atoms with Crippen LogP contribution in [0.15, 0.2) is 35.9 Å². The van der Waals surface area contributed by atoms with Crippen molar-refractivity contribution >= 4 is 22.6 Å². The summed E-state index contributed by atoms with van der Waals surface area (Å²) in [6, 6.07) is 8.34. The lowest BCUT2D eigenvalue weighted by Gasteiger charge is -2.07. The topological polar surface area (TPSA) is 26.0 Å². The third-order valence-corrected chi connectivity index (χ3v) is 2.49. The normalized spacial score (nSPS) is 12.3. The van der Waals surface area contributed by atoms with Gasteiger partial charge in [0.15, 0.2) is 0 Å². The second-order valence-corrected chi connectivity index (χ2v) is 4.57. The Morgan fingerprint density at radius 1 is 1.31 bits per heavy atom. The Morgan fingerprint density at radius 2 is 1.85 bits per heavy atom.